The van der Waals surface area contributed by atoms with Crippen LogP contribution in [0.4, 0.5) is 0 Å². The molecule has 1 saturated heterocycles. The van der Waals surface area contributed by atoms with Gasteiger partial charge in [-0.05, 0) is 31.9 Å². The van der Waals surface area contributed by atoms with Crippen LogP contribution in [0, 0.1) is 12.8 Å². The van der Waals surface area contributed by atoms with Gasteiger partial charge in [0.1, 0.15) is 0 Å². The highest BCUT2D eigenvalue weighted by Crippen LogP contribution is 2.19. The van der Waals surface area contributed by atoms with Crippen LogP contribution in [0.15, 0.2) is 24.3 Å². The first-order valence-electron chi connectivity index (χ1n) is 6.16. The monoisotopic (exact) mass is 247 g/mol. The Labute approximate surface area is 106 Å². The molecule has 1 aliphatic rings. The van der Waals surface area contributed by atoms with Crippen molar-refractivity contribution in [2.45, 2.75) is 19.8 Å². The summed E-state index contributed by atoms with van der Waals surface area (Å²) in [6.07, 6.45) is 1.42. The molecule has 1 aromatic rings. The third kappa shape index (κ3) is 2.70. The van der Waals surface area contributed by atoms with Gasteiger partial charge in [-0.25, -0.2) is 0 Å². The van der Waals surface area contributed by atoms with Crippen molar-refractivity contribution >= 4 is 11.9 Å². The summed E-state index contributed by atoms with van der Waals surface area (Å²) in [5, 5.41) is 9.01. The van der Waals surface area contributed by atoms with Gasteiger partial charge in [0.25, 0.3) is 5.91 Å². The Morgan fingerprint density at radius 2 is 1.94 bits per heavy atom. The first-order valence-corrected chi connectivity index (χ1v) is 6.16. The summed E-state index contributed by atoms with van der Waals surface area (Å²) in [4.78, 5) is 24.8. The van der Waals surface area contributed by atoms with Crippen LogP contribution in [0.5, 0.6) is 0 Å². The second-order valence-corrected chi connectivity index (χ2v) is 4.79. The predicted octanol–water partition coefficient (Wildman–Crippen LogP) is 1.93. The number of aryl methyl sites for hydroxylation is 1. The second kappa shape index (κ2) is 5.21. The second-order valence-electron chi connectivity index (χ2n) is 4.79. The van der Waals surface area contributed by atoms with Gasteiger partial charge in [-0.1, -0.05) is 17.7 Å². The molecule has 1 unspecified atom stereocenters. The van der Waals surface area contributed by atoms with Crippen molar-refractivity contribution in [3.05, 3.63) is 35.4 Å². The van der Waals surface area contributed by atoms with E-state index in [4.69, 9.17) is 5.11 Å². The zero-order valence-electron chi connectivity index (χ0n) is 10.4. The van der Waals surface area contributed by atoms with E-state index in [9.17, 15) is 9.59 Å². The number of piperidine rings is 1. The Morgan fingerprint density at radius 3 is 2.56 bits per heavy atom. The van der Waals surface area contributed by atoms with Crippen LogP contribution in [-0.2, 0) is 4.79 Å². The molecule has 0 bridgehead atoms. The molecule has 1 heterocycles. The van der Waals surface area contributed by atoms with Crippen LogP contribution in [0.25, 0.3) is 0 Å². The Bertz CT molecular complexity index is 453. The molecule has 1 N–H and O–H groups in total. The molecule has 1 aliphatic heterocycles. The fraction of sp³-hybridized carbons (Fsp3) is 0.429. The largest absolute Gasteiger partial charge is 0.481 e. The fourth-order valence-corrected chi connectivity index (χ4v) is 2.24. The van der Waals surface area contributed by atoms with Crippen molar-refractivity contribution in [2.24, 2.45) is 5.92 Å². The number of hydrogen-bond acceptors (Lipinski definition) is 2. The van der Waals surface area contributed by atoms with Gasteiger partial charge in [0.2, 0.25) is 0 Å². The summed E-state index contributed by atoms with van der Waals surface area (Å²) >= 11 is 0. The van der Waals surface area contributed by atoms with E-state index in [-0.39, 0.29) is 5.91 Å². The number of rotatable bonds is 2. The van der Waals surface area contributed by atoms with Gasteiger partial charge in [-0.2, -0.15) is 0 Å². The number of carbonyl (C=O) groups excluding carboxylic acids is 1. The molecule has 4 nitrogen and oxygen atoms in total. The average Bonchev–Trinajstić information content (AvgIpc) is 2.39. The topological polar surface area (TPSA) is 57.6 Å². The fourth-order valence-electron chi connectivity index (χ4n) is 2.24. The van der Waals surface area contributed by atoms with Crippen LogP contribution >= 0.6 is 0 Å². The maximum absolute atomic E-state index is 12.2. The molecule has 2 rings (SSSR count). The molecular weight excluding hydrogens is 230 g/mol. The van der Waals surface area contributed by atoms with Crippen LogP contribution in [-0.4, -0.2) is 35.0 Å². The maximum Gasteiger partial charge on any atom is 0.308 e. The van der Waals surface area contributed by atoms with E-state index >= 15 is 0 Å². The smallest absolute Gasteiger partial charge is 0.308 e. The van der Waals surface area contributed by atoms with Crippen LogP contribution in [0.2, 0.25) is 0 Å². The lowest BCUT2D eigenvalue weighted by Gasteiger charge is -2.30. The maximum atomic E-state index is 12.2. The molecule has 0 radical (unpaired) electrons. The minimum absolute atomic E-state index is 0.0686. The number of aliphatic carboxylic acids is 1. The third-order valence-electron chi connectivity index (χ3n) is 3.36. The minimum Gasteiger partial charge on any atom is -0.481 e. The standard InChI is InChI=1S/C14H17NO3/c1-10-4-6-11(7-5-10)13(16)15-8-2-3-12(9-15)14(17)18/h4-7,12H,2-3,8-9H2,1H3,(H,17,18). The van der Waals surface area contributed by atoms with Gasteiger partial charge in [0.15, 0.2) is 0 Å². The molecule has 1 amide bonds. The van der Waals surface area contributed by atoms with Gasteiger partial charge in [0.05, 0.1) is 5.92 Å². The number of nitrogens with zero attached hydrogens (tertiary/aromatic N) is 1. The molecule has 18 heavy (non-hydrogen) atoms. The van der Waals surface area contributed by atoms with E-state index in [2.05, 4.69) is 0 Å². The van der Waals surface area contributed by atoms with E-state index in [1.165, 1.54) is 0 Å². The Kier molecular flexibility index (Phi) is 3.65. The summed E-state index contributed by atoms with van der Waals surface area (Å²) < 4.78 is 0. The van der Waals surface area contributed by atoms with Gasteiger partial charge >= 0.3 is 5.97 Å². The SMILES string of the molecule is Cc1ccc(C(=O)N2CCCC(C(=O)O)C2)cc1. The number of benzene rings is 1. The van der Waals surface area contributed by atoms with Crippen molar-refractivity contribution in [3.63, 3.8) is 0 Å². The lowest BCUT2D eigenvalue weighted by Crippen LogP contribution is -2.42. The summed E-state index contributed by atoms with van der Waals surface area (Å²) in [6, 6.07) is 7.38. The number of likely N-dealkylation sites (tertiary alicyclic amines) is 1. The van der Waals surface area contributed by atoms with Gasteiger partial charge in [-0.15, -0.1) is 0 Å². The Morgan fingerprint density at radius 1 is 1.28 bits per heavy atom. The summed E-state index contributed by atoms with van der Waals surface area (Å²) in [7, 11) is 0. The third-order valence-corrected chi connectivity index (χ3v) is 3.36. The molecule has 1 fully saturated rings. The minimum atomic E-state index is -0.809. The van der Waals surface area contributed by atoms with Crippen molar-refractivity contribution in [3.8, 4) is 0 Å². The highest BCUT2D eigenvalue weighted by Gasteiger charge is 2.28. The Hall–Kier alpha value is -1.84. The number of carboxylic acids is 1. The van der Waals surface area contributed by atoms with Gasteiger partial charge in [-0.3, -0.25) is 9.59 Å². The van der Waals surface area contributed by atoms with E-state index in [1.807, 2.05) is 19.1 Å². The average molecular weight is 247 g/mol. The first kappa shape index (κ1) is 12.6. The molecule has 0 aromatic heterocycles. The van der Waals surface area contributed by atoms with Crippen LogP contribution in [0.1, 0.15) is 28.8 Å². The first-order chi connectivity index (χ1) is 8.58. The quantitative estimate of drug-likeness (QED) is 0.868. The molecular formula is C14H17NO3. The predicted molar refractivity (Wildman–Crippen MR) is 67.4 cm³/mol. The van der Waals surface area contributed by atoms with Gasteiger partial charge in [0, 0.05) is 18.7 Å². The van der Waals surface area contributed by atoms with Crippen molar-refractivity contribution in [1.29, 1.82) is 0 Å². The van der Waals surface area contributed by atoms with E-state index < -0.39 is 11.9 Å². The Balaban J connectivity index is 2.09. The van der Waals surface area contributed by atoms with Gasteiger partial charge < -0.3 is 10.0 Å². The molecule has 1 aromatic carbocycles. The lowest BCUT2D eigenvalue weighted by atomic mass is 9.97. The van der Waals surface area contributed by atoms with Crippen LogP contribution in [0.3, 0.4) is 0 Å². The summed E-state index contributed by atoms with van der Waals surface area (Å²) in [5.41, 5.74) is 1.74. The molecule has 1 atom stereocenters. The summed E-state index contributed by atoms with van der Waals surface area (Å²) in [5.74, 6) is -1.30. The molecule has 0 aliphatic carbocycles. The molecule has 0 saturated carbocycles. The van der Waals surface area contributed by atoms with Crippen molar-refractivity contribution in [1.82, 2.24) is 4.90 Å². The molecule has 4 heteroatoms. The van der Waals surface area contributed by atoms with Crippen LogP contribution < -0.4 is 0 Å². The number of hydrogen-bond donors (Lipinski definition) is 1. The molecule has 96 valence electrons. The molecule has 0 spiro atoms. The summed E-state index contributed by atoms with van der Waals surface area (Å²) in [6.45, 7) is 2.94. The number of amides is 1. The number of carboxylic acid groups (broad SMARTS) is 1. The van der Waals surface area contributed by atoms with Crippen molar-refractivity contribution in [2.75, 3.05) is 13.1 Å². The highest BCUT2D eigenvalue weighted by atomic mass is 16.4. The zero-order chi connectivity index (χ0) is 13.1. The zero-order valence-corrected chi connectivity index (χ0v) is 10.4. The number of carbonyl (C=O) groups is 2. The normalized spacial score (nSPS) is 19.6. The van der Waals surface area contributed by atoms with E-state index in [0.29, 0.717) is 25.1 Å². The van der Waals surface area contributed by atoms with Crippen molar-refractivity contribution < 1.29 is 14.7 Å². The lowest BCUT2D eigenvalue weighted by molar-refractivity contribution is -0.143. The van der Waals surface area contributed by atoms with E-state index in [0.717, 1.165) is 12.0 Å². The van der Waals surface area contributed by atoms with E-state index in [1.54, 1.807) is 17.0 Å². The highest BCUT2D eigenvalue weighted by molar-refractivity contribution is 5.94.